The minimum atomic E-state index is -0.213. The number of methoxy groups -OCH3 is 1. The van der Waals surface area contributed by atoms with E-state index in [0.717, 1.165) is 52.2 Å². The highest BCUT2D eigenvalue weighted by Gasteiger charge is 2.30. The maximum Gasteiger partial charge on any atom is 0.261 e. The van der Waals surface area contributed by atoms with E-state index in [1.165, 1.54) is 11.3 Å². The summed E-state index contributed by atoms with van der Waals surface area (Å²) in [4.78, 5) is 23.4. The quantitative estimate of drug-likeness (QED) is 0.552. The summed E-state index contributed by atoms with van der Waals surface area (Å²) < 4.78 is 11.2. The topological polar surface area (TPSA) is 85.4 Å². The van der Waals surface area contributed by atoms with Crippen LogP contribution < -0.4 is 15.4 Å². The Morgan fingerprint density at radius 2 is 2.12 bits per heavy atom. The van der Waals surface area contributed by atoms with Crippen LogP contribution in [0.25, 0.3) is 10.2 Å². The molecule has 8 heteroatoms. The lowest BCUT2D eigenvalue weighted by atomic mass is 9.94. The van der Waals surface area contributed by atoms with Crippen molar-refractivity contribution in [3.8, 4) is 5.75 Å². The molecule has 0 radical (unpaired) electrons. The minimum Gasteiger partial charge on any atom is -0.496 e. The number of hydrogen-bond acceptors (Lipinski definition) is 7. The van der Waals surface area contributed by atoms with Crippen molar-refractivity contribution in [1.29, 1.82) is 0 Å². The van der Waals surface area contributed by atoms with Gasteiger partial charge in [-0.2, -0.15) is 0 Å². The second kappa shape index (κ2) is 9.42. The Labute approximate surface area is 192 Å². The largest absolute Gasteiger partial charge is 0.496 e. The lowest BCUT2D eigenvalue weighted by Gasteiger charge is -2.35. The monoisotopic (exact) mass is 454 g/mol. The van der Waals surface area contributed by atoms with Gasteiger partial charge in [0.15, 0.2) is 0 Å². The molecule has 1 aromatic carbocycles. The van der Waals surface area contributed by atoms with Crippen molar-refractivity contribution in [2.24, 2.45) is 0 Å². The summed E-state index contributed by atoms with van der Waals surface area (Å²) in [5.74, 6) is 1.59. The average molecular weight is 455 g/mol. The number of aromatic nitrogens is 2. The molecule has 0 bridgehead atoms. The molecule has 1 amide bonds. The van der Waals surface area contributed by atoms with Crippen LogP contribution in [0.3, 0.4) is 0 Å². The van der Waals surface area contributed by atoms with Crippen molar-refractivity contribution in [3.63, 3.8) is 0 Å². The van der Waals surface area contributed by atoms with Gasteiger partial charge >= 0.3 is 0 Å². The molecule has 0 aliphatic carbocycles. The number of aryl methyl sites for hydroxylation is 1. The summed E-state index contributed by atoms with van der Waals surface area (Å²) in [6.07, 6.45) is 3.98. The van der Waals surface area contributed by atoms with Gasteiger partial charge in [0.2, 0.25) is 0 Å². The second-order valence-corrected chi connectivity index (χ2v) is 9.72. The van der Waals surface area contributed by atoms with Gasteiger partial charge in [-0.15, -0.1) is 11.3 Å². The summed E-state index contributed by atoms with van der Waals surface area (Å²) >= 11 is 1.42. The molecule has 0 spiro atoms. The molecule has 1 saturated heterocycles. The summed E-state index contributed by atoms with van der Waals surface area (Å²) in [6, 6.07) is 8.11. The highest BCUT2D eigenvalue weighted by molar-refractivity contribution is 7.20. The van der Waals surface area contributed by atoms with E-state index in [2.05, 4.69) is 40.5 Å². The molecule has 3 aromatic rings. The molecule has 2 aromatic heterocycles. The lowest BCUT2D eigenvalue weighted by molar-refractivity contribution is -0.0615. The van der Waals surface area contributed by atoms with Crippen LogP contribution in [0.1, 0.15) is 47.5 Å². The molecule has 2 N–H and O–H groups in total. The molecular weight excluding hydrogens is 424 g/mol. The summed E-state index contributed by atoms with van der Waals surface area (Å²) in [5.41, 5.74) is 1.83. The van der Waals surface area contributed by atoms with Crippen molar-refractivity contribution >= 4 is 33.3 Å². The number of thiophene rings is 1. The molecule has 1 aliphatic heterocycles. The molecule has 32 heavy (non-hydrogen) atoms. The number of fused-ring (bicyclic) bond motifs is 1. The van der Waals surface area contributed by atoms with Crippen LogP contribution in [0.2, 0.25) is 0 Å². The third-order valence-corrected chi connectivity index (χ3v) is 7.04. The van der Waals surface area contributed by atoms with Crippen LogP contribution in [0.15, 0.2) is 30.6 Å². The van der Waals surface area contributed by atoms with Crippen molar-refractivity contribution < 1.29 is 14.3 Å². The minimum absolute atomic E-state index is 0.0480. The highest BCUT2D eigenvalue weighted by Crippen LogP contribution is 2.34. The Morgan fingerprint density at radius 3 is 2.91 bits per heavy atom. The van der Waals surface area contributed by atoms with Crippen LogP contribution in [-0.4, -0.2) is 47.8 Å². The van der Waals surface area contributed by atoms with Crippen LogP contribution >= 0.6 is 11.3 Å². The normalized spacial score (nSPS) is 17.8. The Morgan fingerprint density at radius 1 is 1.31 bits per heavy atom. The van der Waals surface area contributed by atoms with E-state index < -0.39 is 0 Å². The first-order valence-corrected chi connectivity index (χ1v) is 11.7. The molecule has 1 atom stereocenters. The van der Waals surface area contributed by atoms with Crippen LogP contribution in [-0.2, 0) is 11.2 Å². The van der Waals surface area contributed by atoms with Crippen molar-refractivity contribution in [3.05, 3.63) is 46.6 Å². The smallest absolute Gasteiger partial charge is 0.261 e. The van der Waals surface area contributed by atoms with Gasteiger partial charge in [-0.25, -0.2) is 9.97 Å². The average Bonchev–Trinajstić information content (AvgIpc) is 3.11. The van der Waals surface area contributed by atoms with Gasteiger partial charge in [0.25, 0.3) is 5.91 Å². The fraction of sp³-hybridized carbons (Fsp3) is 0.458. The first kappa shape index (κ1) is 22.5. The van der Waals surface area contributed by atoms with Gasteiger partial charge in [-0.05, 0) is 57.2 Å². The van der Waals surface area contributed by atoms with Crippen LogP contribution in [0.4, 0.5) is 5.82 Å². The summed E-state index contributed by atoms with van der Waals surface area (Å²) in [7, 11) is 1.68. The van der Waals surface area contributed by atoms with Crippen molar-refractivity contribution in [2.75, 3.05) is 25.6 Å². The van der Waals surface area contributed by atoms with Gasteiger partial charge < -0.3 is 20.1 Å². The number of amides is 1. The zero-order valence-electron chi connectivity index (χ0n) is 19.0. The molecule has 3 heterocycles. The number of hydrogen-bond donors (Lipinski definition) is 2. The van der Waals surface area contributed by atoms with E-state index in [1.54, 1.807) is 13.4 Å². The predicted molar refractivity (Wildman–Crippen MR) is 128 cm³/mol. The van der Waals surface area contributed by atoms with Crippen LogP contribution in [0.5, 0.6) is 5.75 Å². The zero-order chi connectivity index (χ0) is 22.7. The maximum absolute atomic E-state index is 13.1. The second-order valence-electron chi connectivity index (χ2n) is 8.72. The van der Waals surface area contributed by atoms with E-state index >= 15 is 0 Å². The van der Waals surface area contributed by atoms with Crippen molar-refractivity contribution in [1.82, 2.24) is 15.3 Å². The third-order valence-electron chi connectivity index (χ3n) is 5.84. The van der Waals surface area contributed by atoms with E-state index in [9.17, 15) is 4.79 Å². The molecule has 170 valence electrons. The van der Waals surface area contributed by atoms with Gasteiger partial charge in [-0.3, -0.25) is 4.79 Å². The number of nitrogens with zero attached hydrogens (tertiary/aromatic N) is 2. The SMILES string of the molecule is COc1ccccc1CCNc1ncnc2sc(C(=O)N[C@H]3CCOC(C)(C)C3)c(C)c12. The Hall–Kier alpha value is -2.71. The first-order valence-electron chi connectivity index (χ1n) is 10.9. The molecule has 4 rings (SSSR count). The third kappa shape index (κ3) is 4.86. The maximum atomic E-state index is 13.1. The van der Waals surface area contributed by atoms with Crippen molar-refractivity contribution in [2.45, 2.75) is 51.7 Å². The lowest BCUT2D eigenvalue weighted by Crippen LogP contribution is -2.45. The van der Waals surface area contributed by atoms with E-state index in [0.29, 0.717) is 18.0 Å². The molecule has 7 nitrogen and oxygen atoms in total. The Kier molecular flexibility index (Phi) is 6.62. The number of carbonyl (C=O) groups is 1. The van der Waals surface area contributed by atoms with E-state index in [1.807, 2.05) is 25.1 Å². The Balaban J connectivity index is 1.49. The van der Waals surface area contributed by atoms with E-state index in [-0.39, 0.29) is 17.6 Å². The molecule has 0 saturated carbocycles. The first-order chi connectivity index (χ1) is 15.4. The number of ether oxygens (including phenoxy) is 2. The number of carbonyl (C=O) groups excluding carboxylic acids is 1. The van der Waals surface area contributed by atoms with Gasteiger partial charge in [-0.1, -0.05) is 18.2 Å². The molecule has 1 fully saturated rings. The van der Waals surface area contributed by atoms with Gasteiger partial charge in [0.05, 0.1) is 23.0 Å². The van der Waals surface area contributed by atoms with Gasteiger partial charge in [0, 0.05) is 19.2 Å². The number of benzene rings is 1. The van der Waals surface area contributed by atoms with Crippen LogP contribution in [0, 0.1) is 6.92 Å². The molecule has 1 aliphatic rings. The number of para-hydroxylation sites is 1. The number of nitrogens with one attached hydrogen (secondary N) is 2. The molecular formula is C24H30N4O3S. The fourth-order valence-corrected chi connectivity index (χ4v) is 5.31. The number of anilines is 1. The summed E-state index contributed by atoms with van der Waals surface area (Å²) in [5, 5.41) is 7.53. The predicted octanol–water partition coefficient (Wildman–Crippen LogP) is 4.35. The summed E-state index contributed by atoms with van der Waals surface area (Å²) in [6.45, 7) is 7.45. The van der Waals surface area contributed by atoms with E-state index in [4.69, 9.17) is 9.47 Å². The fourth-order valence-electron chi connectivity index (χ4n) is 4.25. The van der Waals surface area contributed by atoms with Gasteiger partial charge in [0.1, 0.15) is 22.7 Å². The molecule has 0 unspecified atom stereocenters. The zero-order valence-corrected chi connectivity index (χ0v) is 19.8. The highest BCUT2D eigenvalue weighted by atomic mass is 32.1. The standard InChI is InChI=1S/C24H30N4O3S/c1-15-19-21(25-11-9-16-7-5-6-8-18(16)30-4)26-14-27-23(19)32-20(15)22(29)28-17-10-12-31-24(2,3)13-17/h5-8,14,17H,9-13H2,1-4H3,(H,28,29)(H,25,26,27)/t17-/m0/s1. The Bertz CT molecular complexity index is 1110. The number of rotatable bonds is 7.